The van der Waals surface area contributed by atoms with E-state index >= 15 is 0 Å². The highest BCUT2D eigenvalue weighted by molar-refractivity contribution is 5.94. The Bertz CT molecular complexity index is 934. The summed E-state index contributed by atoms with van der Waals surface area (Å²) in [5, 5.41) is 17.4. The van der Waals surface area contributed by atoms with Crippen molar-refractivity contribution in [3.8, 4) is 0 Å². The second kappa shape index (κ2) is 17.7. The maximum atomic E-state index is 13.3. The van der Waals surface area contributed by atoms with Gasteiger partial charge >= 0.3 is 5.97 Å². The number of nitrogens with one attached hydrogen (secondary N) is 4. The third-order valence-corrected chi connectivity index (χ3v) is 5.81. The first-order valence-electron chi connectivity index (χ1n) is 13.1. The number of carboxylic acid groups (broad SMARTS) is 1. The first-order valence-corrected chi connectivity index (χ1v) is 13.1. The number of H-pyrrole nitrogens is 1. The topological polar surface area (TPSA) is 270 Å². The molecule has 15 nitrogen and oxygen atoms in total. The third kappa shape index (κ3) is 13.6. The molecule has 39 heavy (non-hydrogen) atoms. The molecule has 0 spiro atoms. The highest BCUT2D eigenvalue weighted by atomic mass is 16.4. The number of amides is 3. The van der Waals surface area contributed by atoms with Crippen LogP contribution in [0.15, 0.2) is 17.5 Å². The number of unbranched alkanes of at least 4 members (excludes halogenated alkanes) is 1. The summed E-state index contributed by atoms with van der Waals surface area (Å²) in [5.74, 6) is -2.97. The number of aliphatic imine (C=N–C) groups is 1. The SMILES string of the molecule is CC(C)CC(N)C(=O)NC(Cc1cnc[nH]1)C(=O)NC(CCCCN)C(=O)NC(CCCN=C(N)N)C(=O)O. The molecule has 1 aromatic rings. The predicted octanol–water partition coefficient (Wildman–Crippen LogP) is -1.95. The summed E-state index contributed by atoms with van der Waals surface area (Å²) in [6.45, 7) is 4.44. The van der Waals surface area contributed by atoms with Gasteiger partial charge in [0.05, 0.1) is 12.4 Å². The van der Waals surface area contributed by atoms with Crippen LogP contribution in [0.2, 0.25) is 0 Å². The van der Waals surface area contributed by atoms with Crippen LogP contribution in [0.4, 0.5) is 0 Å². The number of carboxylic acids is 1. The van der Waals surface area contributed by atoms with E-state index in [-0.39, 0.29) is 37.7 Å². The van der Waals surface area contributed by atoms with E-state index in [4.69, 9.17) is 22.9 Å². The van der Waals surface area contributed by atoms with Gasteiger partial charge in [0.2, 0.25) is 17.7 Å². The minimum atomic E-state index is -1.23. The van der Waals surface area contributed by atoms with Crippen LogP contribution in [0.25, 0.3) is 0 Å². The van der Waals surface area contributed by atoms with Crippen molar-refractivity contribution in [1.29, 1.82) is 0 Å². The van der Waals surface area contributed by atoms with Crippen molar-refractivity contribution < 1.29 is 24.3 Å². The number of carbonyl (C=O) groups excluding carboxylic acids is 3. The van der Waals surface area contributed by atoms with Crippen molar-refractivity contribution in [3.05, 3.63) is 18.2 Å². The minimum absolute atomic E-state index is 0.0751. The van der Waals surface area contributed by atoms with Gasteiger partial charge in [0.25, 0.3) is 0 Å². The Hall–Kier alpha value is -3.72. The summed E-state index contributed by atoms with van der Waals surface area (Å²) in [6.07, 6.45) is 5.17. The molecule has 0 fully saturated rings. The van der Waals surface area contributed by atoms with Gasteiger partial charge in [-0.3, -0.25) is 19.4 Å². The Morgan fingerprint density at radius 2 is 1.59 bits per heavy atom. The largest absolute Gasteiger partial charge is 0.480 e. The zero-order chi connectivity index (χ0) is 29.4. The number of nitrogens with zero attached hydrogens (tertiary/aromatic N) is 2. The molecule has 1 rings (SSSR count). The van der Waals surface area contributed by atoms with Gasteiger partial charge in [-0.05, 0) is 51.0 Å². The minimum Gasteiger partial charge on any atom is -0.480 e. The number of aliphatic carboxylic acids is 1. The van der Waals surface area contributed by atoms with Crippen LogP contribution in [0.3, 0.4) is 0 Å². The van der Waals surface area contributed by atoms with Crippen molar-refractivity contribution in [1.82, 2.24) is 25.9 Å². The average Bonchev–Trinajstić information content (AvgIpc) is 3.37. The van der Waals surface area contributed by atoms with Crippen molar-refractivity contribution in [2.75, 3.05) is 13.1 Å². The lowest BCUT2D eigenvalue weighted by Crippen LogP contribution is -2.57. The normalized spacial score (nSPS) is 14.1. The third-order valence-electron chi connectivity index (χ3n) is 5.81. The summed E-state index contributed by atoms with van der Waals surface area (Å²) in [6, 6.07) is -4.15. The summed E-state index contributed by atoms with van der Waals surface area (Å²) in [5.41, 5.74) is 22.7. The number of hydrogen-bond donors (Lipinski definition) is 9. The number of aromatic amines is 1. The standard InChI is InChI=1S/C24H44N10O5/c1-14(2)10-16(26)20(35)34-19(11-15-12-29-13-31-15)22(37)32-17(6-3-4-8-25)21(36)33-18(23(38)39)7-5-9-30-24(27)28/h12-14,16-19H,3-11,25-26H2,1-2H3,(H,29,31)(H,32,37)(H,33,36)(H,34,35)(H,38,39)(H4,27,28,30). The van der Waals surface area contributed by atoms with E-state index in [0.29, 0.717) is 37.9 Å². The van der Waals surface area contributed by atoms with Crippen LogP contribution < -0.4 is 38.9 Å². The number of aromatic nitrogens is 2. The van der Waals surface area contributed by atoms with Crippen molar-refractivity contribution in [2.24, 2.45) is 33.8 Å². The van der Waals surface area contributed by atoms with Gasteiger partial charge in [-0.1, -0.05) is 13.8 Å². The van der Waals surface area contributed by atoms with Gasteiger partial charge in [0.1, 0.15) is 18.1 Å². The first kappa shape index (κ1) is 33.3. The van der Waals surface area contributed by atoms with Crippen LogP contribution in [0.5, 0.6) is 0 Å². The van der Waals surface area contributed by atoms with Crippen LogP contribution in [0, 0.1) is 5.92 Å². The van der Waals surface area contributed by atoms with E-state index in [9.17, 15) is 24.3 Å². The second-order valence-corrected chi connectivity index (χ2v) is 9.77. The average molecular weight is 553 g/mol. The van der Waals surface area contributed by atoms with Gasteiger partial charge in [0, 0.05) is 24.9 Å². The van der Waals surface area contributed by atoms with Crippen LogP contribution in [-0.4, -0.2) is 82.0 Å². The van der Waals surface area contributed by atoms with Crippen LogP contribution in [-0.2, 0) is 25.6 Å². The number of guanidine groups is 1. The van der Waals surface area contributed by atoms with E-state index in [1.807, 2.05) is 13.8 Å². The number of nitrogens with two attached hydrogens (primary N) is 4. The van der Waals surface area contributed by atoms with Gasteiger partial charge in [-0.25, -0.2) is 9.78 Å². The highest BCUT2D eigenvalue weighted by Gasteiger charge is 2.30. The van der Waals surface area contributed by atoms with E-state index in [1.165, 1.54) is 12.5 Å². The fraction of sp³-hybridized carbons (Fsp3) is 0.667. The molecular weight excluding hydrogens is 508 g/mol. The summed E-state index contributed by atoms with van der Waals surface area (Å²) in [7, 11) is 0. The van der Waals surface area contributed by atoms with E-state index in [1.54, 1.807) is 0 Å². The first-order chi connectivity index (χ1) is 18.4. The van der Waals surface area contributed by atoms with Gasteiger partial charge in [0.15, 0.2) is 5.96 Å². The molecule has 220 valence electrons. The fourth-order valence-corrected chi connectivity index (χ4v) is 3.79. The molecule has 4 atom stereocenters. The van der Waals surface area contributed by atoms with Crippen LogP contribution in [0.1, 0.15) is 58.1 Å². The number of imidazole rings is 1. The molecule has 0 bridgehead atoms. The number of carbonyl (C=O) groups is 4. The monoisotopic (exact) mass is 552 g/mol. The Morgan fingerprint density at radius 3 is 2.15 bits per heavy atom. The maximum absolute atomic E-state index is 13.3. The van der Waals surface area contributed by atoms with E-state index in [2.05, 4.69) is 30.9 Å². The quantitative estimate of drug-likeness (QED) is 0.0519. The highest BCUT2D eigenvalue weighted by Crippen LogP contribution is 2.08. The molecule has 13 N–H and O–H groups in total. The molecule has 0 radical (unpaired) electrons. The number of rotatable bonds is 19. The second-order valence-electron chi connectivity index (χ2n) is 9.77. The Labute approximate surface area is 228 Å². The van der Waals surface area contributed by atoms with Crippen molar-refractivity contribution >= 4 is 29.7 Å². The van der Waals surface area contributed by atoms with Crippen LogP contribution >= 0.6 is 0 Å². The Kier molecular flexibility index (Phi) is 15.1. The molecule has 0 aliphatic heterocycles. The van der Waals surface area contributed by atoms with Gasteiger partial charge < -0.3 is 49.0 Å². The molecule has 3 amide bonds. The predicted molar refractivity (Wildman–Crippen MR) is 146 cm³/mol. The number of hydrogen-bond acceptors (Lipinski definition) is 8. The summed E-state index contributed by atoms with van der Waals surface area (Å²) < 4.78 is 0. The van der Waals surface area contributed by atoms with Crippen molar-refractivity contribution in [3.63, 3.8) is 0 Å². The van der Waals surface area contributed by atoms with Gasteiger partial charge in [-0.2, -0.15) is 0 Å². The zero-order valence-corrected chi connectivity index (χ0v) is 22.7. The zero-order valence-electron chi connectivity index (χ0n) is 22.7. The molecule has 1 heterocycles. The summed E-state index contributed by atoms with van der Waals surface area (Å²) >= 11 is 0. The molecular formula is C24H44N10O5. The molecule has 0 aliphatic carbocycles. The van der Waals surface area contributed by atoms with Gasteiger partial charge in [-0.15, -0.1) is 0 Å². The lowest BCUT2D eigenvalue weighted by molar-refractivity contribution is -0.142. The van der Waals surface area contributed by atoms with E-state index in [0.717, 1.165) is 0 Å². The fourth-order valence-electron chi connectivity index (χ4n) is 3.79. The summed E-state index contributed by atoms with van der Waals surface area (Å²) in [4.78, 5) is 61.5. The molecule has 0 saturated heterocycles. The Balaban J connectivity index is 3.02. The molecule has 4 unspecified atom stereocenters. The van der Waals surface area contributed by atoms with E-state index < -0.39 is 47.9 Å². The Morgan fingerprint density at radius 1 is 0.974 bits per heavy atom. The molecule has 1 aromatic heterocycles. The lowest BCUT2D eigenvalue weighted by Gasteiger charge is -2.25. The molecule has 15 heteroatoms. The molecule has 0 saturated carbocycles. The molecule has 0 aliphatic rings. The smallest absolute Gasteiger partial charge is 0.326 e. The van der Waals surface area contributed by atoms with Crippen molar-refractivity contribution in [2.45, 2.75) is 83.0 Å². The molecule has 0 aromatic carbocycles. The lowest BCUT2D eigenvalue weighted by atomic mass is 10.0. The maximum Gasteiger partial charge on any atom is 0.326 e.